The molecular formula is C24H17F3N2O6S2. The molecule has 0 aliphatic carbocycles. The molecule has 0 unspecified atom stereocenters. The molecule has 8 nitrogen and oxygen atoms in total. The van der Waals surface area contributed by atoms with Crippen LogP contribution in [0.15, 0.2) is 77.1 Å². The van der Waals surface area contributed by atoms with Gasteiger partial charge < -0.3 is 14.6 Å². The number of methoxy groups -OCH3 is 1. The molecule has 0 amide bonds. The van der Waals surface area contributed by atoms with Crippen molar-refractivity contribution < 1.29 is 41.0 Å². The fourth-order valence-corrected chi connectivity index (χ4v) is 5.45. The number of benzene rings is 3. The van der Waals surface area contributed by atoms with Crippen LogP contribution in [0.2, 0.25) is 0 Å². The SMILES string of the molecule is COc1cc(C(=O)O)ccc1NS(=O)(=O)c1csc(-c2ccc(-c3ccc(OC(F)(F)F)cc3)cc2)n1. The Labute approximate surface area is 213 Å². The van der Waals surface area contributed by atoms with Crippen LogP contribution in [0.1, 0.15) is 10.4 Å². The molecule has 2 N–H and O–H groups in total. The van der Waals surface area contributed by atoms with Crippen molar-refractivity contribution in [3.63, 3.8) is 0 Å². The molecule has 0 radical (unpaired) electrons. The van der Waals surface area contributed by atoms with E-state index in [-0.39, 0.29) is 27.8 Å². The molecule has 0 atom stereocenters. The van der Waals surface area contributed by atoms with Crippen LogP contribution in [0.25, 0.3) is 21.7 Å². The second-order valence-electron chi connectivity index (χ2n) is 7.47. The minimum Gasteiger partial charge on any atom is -0.495 e. The van der Waals surface area contributed by atoms with Gasteiger partial charge in [0.1, 0.15) is 16.5 Å². The third kappa shape index (κ3) is 6.19. The molecule has 192 valence electrons. The van der Waals surface area contributed by atoms with Gasteiger partial charge in [-0.15, -0.1) is 24.5 Å². The number of anilines is 1. The van der Waals surface area contributed by atoms with Gasteiger partial charge in [-0.25, -0.2) is 9.78 Å². The summed E-state index contributed by atoms with van der Waals surface area (Å²) < 4.78 is 74.1. The van der Waals surface area contributed by atoms with Gasteiger partial charge in [-0.05, 0) is 41.5 Å². The molecule has 37 heavy (non-hydrogen) atoms. The van der Waals surface area contributed by atoms with E-state index in [0.717, 1.165) is 16.9 Å². The number of nitrogens with zero attached hydrogens (tertiary/aromatic N) is 1. The Bertz CT molecular complexity index is 1530. The number of carboxylic acid groups (broad SMARTS) is 1. The fraction of sp³-hybridized carbons (Fsp3) is 0.0833. The topological polar surface area (TPSA) is 115 Å². The van der Waals surface area contributed by atoms with Crippen molar-refractivity contribution in [2.24, 2.45) is 0 Å². The number of aromatic nitrogens is 1. The van der Waals surface area contributed by atoms with Gasteiger partial charge in [0.2, 0.25) is 0 Å². The molecule has 0 saturated carbocycles. The lowest BCUT2D eigenvalue weighted by Gasteiger charge is -2.11. The maximum absolute atomic E-state index is 12.9. The summed E-state index contributed by atoms with van der Waals surface area (Å²) in [5.41, 5.74) is 2.01. The summed E-state index contributed by atoms with van der Waals surface area (Å²) >= 11 is 1.10. The molecule has 3 aromatic carbocycles. The molecule has 4 rings (SSSR count). The molecule has 0 fully saturated rings. The number of nitrogens with one attached hydrogen (secondary N) is 1. The van der Waals surface area contributed by atoms with Gasteiger partial charge >= 0.3 is 12.3 Å². The van der Waals surface area contributed by atoms with Gasteiger partial charge in [0.25, 0.3) is 10.0 Å². The summed E-state index contributed by atoms with van der Waals surface area (Å²) in [5.74, 6) is -1.48. The lowest BCUT2D eigenvalue weighted by Crippen LogP contribution is -2.16. The molecule has 0 saturated heterocycles. The van der Waals surface area contributed by atoms with E-state index in [1.165, 1.54) is 55.0 Å². The number of thiazole rings is 1. The minimum absolute atomic E-state index is 0.0347. The Morgan fingerprint density at radius 1 is 0.973 bits per heavy atom. The highest BCUT2D eigenvalue weighted by atomic mass is 32.2. The van der Waals surface area contributed by atoms with Gasteiger partial charge in [-0.2, -0.15) is 8.42 Å². The number of hydrogen-bond donors (Lipinski definition) is 2. The molecule has 13 heteroatoms. The first kappa shape index (κ1) is 26.0. The zero-order valence-electron chi connectivity index (χ0n) is 18.8. The number of carboxylic acids is 1. The van der Waals surface area contributed by atoms with E-state index < -0.39 is 22.4 Å². The molecule has 0 spiro atoms. The van der Waals surface area contributed by atoms with Crippen molar-refractivity contribution in [3.05, 3.63) is 77.7 Å². The number of alkyl halides is 3. The minimum atomic E-state index is -4.77. The Morgan fingerprint density at radius 2 is 1.57 bits per heavy atom. The predicted molar refractivity (Wildman–Crippen MR) is 130 cm³/mol. The van der Waals surface area contributed by atoms with Gasteiger partial charge in [-0.3, -0.25) is 4.72 Å². The number of rotatable bonds is 8. The predicted octanol–water partition coefficient (Wildman–Crippen LogP) is 5.88. The van der Waals surface area contributed by atoms with Gasteiger partial charge in [0, 0.05) is 10.9 Å². The summed E-state index contributed by atoms with van der Waals surface area (Å²) in [6, 6.07) is 16.0. The smallest absolute Gasteiger partial charge is 0.495 e. The second-order valence-corrected chi connectivity index (χ2v) is 9.95. The summed E-state index contributed by atoms with van der Waals surface area (Å²) in [4.78, 5) is 15.3. The van der Waals surface area contributed by atoms with Crippen molar-refractivity contribution in [2.75, 3.05) is 11.8 Å². The summed E-state index contributed by atoms with van der Waals surface area (Å²) in [6.45, 7) is 0. The second kappa shape index (κ2) is 10.1. The van der Waals surface area contributed by atoms with Crippen LogP contribution in [0.3, 0.4) is 0 Å². The van der Waals surface area contributed by atoms with Crippen LogP contribution in [0.4, 0.5) is 18.9 Å². The average molecular weight is 551 g/mol. The number of carbonyl (C=O) groups is 1. The Hall–Kier alpha value is -4.10. The molecule has 0 aliphatic heterocycles. The molecule has 0 bridgehead atoms. The Balaban J connectivity index is 1.51. The van der Waals surface area contributed by atoms with E-state index in [9.17, 15) is 26.4 Å². The van der Waals surface area contributed by atoms with E-state index in [1.807, 2.05) is 0 Å². The van der Waals surface area contributed by atoms with Gasteiger partial charge in [0.05, 0.1) is 18.4 Å². The van der Waals surface area contributed by atoms with E-state index >= 15 is 0 Å². The van der Waals surface area contributed by atoms with Crippen LogP contribution in [-0.4, -0.2) is 37.9 Å². The highest BCUT2D eigenvalue weighted by molar-refractivity contribution is 7.92. The largest absolute Gasteiger partial charge is 0.573 e. The van der Waals surface area contributed by atoms with E-state index in [1.54, 1.807) is 24.3 Å². The highest BCUT2D eigenvalue weighted by Crippen LogP contribution is 2.32. The molecule has 1 heterocycles. The number of sulfonamides is 1. The first-order chi connectivity index (χ1) is 17.4. The molecule has 1 aromatic heterocycles. The fourth-order valence-electron chi connectivity index (χ4n) is 3.27. The van der Waals surface area contributed by atoms with Crippen LogP contribution >= 0.6 is 11.3 Å². The number of ether oxygens (including phenoxy) is 2. The summed E-state index contributed by atoms with van der Waals surface area (Å²) in [6.07, 6.45) is -4.77. The number of hydrogen-bond acceptors (Lipinski definition) is 7. The first-order valence-electron chi connectivity index (χ1n) is 10.3. The van der Waals surface area contributed by atoms with Crippen LogP contribution < -0.4 is 14.2 Å². The van der Waals surface area contributed by atoms with Crippen molar-refractivity contribution >= 4 is 33.0 Å². The maximum Gasteiger partial charge on any atom is 0.573 e. The third-order valence-electron chi connectivity index (χ3n) is 5.00. The normalized spacial score (nSPS) is 11.7. The number of halogens is 3. The third-order valence-corrected chi connectivity index (χ3v) is 7.29. The van der Waals surface area contributed by atoms with E-state index in [0.29, 0.717) is 16.1 Å². The van der Waals surface area contributed by atoms with Crippen LogP contribution in [0, 0.1) is 0 Å². The monoisotopic (exact) mass is 550 g/mol. The van der Waals surface area contributed by atoms with Crippen molar-refractivity contribution in [2.45, 2.75) is 11.4 Å². The van der Waals surface area contributed by atoms with Crippen LogP contribution in [0.5, 0.6) is 11.5 Å². The zero-order valence-corrected chi connectivity index (χ0v) is 20.4. The Morgan fingerprint density at radius 3 is 2.14 bits per heavy atom. The Kier molecular flexibility index (Phi) is 7.09. The first-order valence-corrected chi connectivity index (χ1v) is 12.7. The van der Waals surface area contributed by atoms with E-state index in [4.69, 9.17) is 9.84 Å². The van der Waals surface area contributed by atoms with Crippen LogP contribution in [-0.2, 0) is 10.0 Å². The van der Waals surface area contributed by atoms with Crippen molar-refractivity contribution in [3.8, 4) is 33.2 Å². The highest BCUT2D eigenvalue weighted by Gasteiger charge is 2.31. The molecule has 4 aromatic rings. The van der Waals surface area contributed by atoms with Crippen molar-refractivity contribution in [1.82, 2.24) is 4.98 Å². The number of aromatic carboxylic acids is 1. The van der Waals surface area contributed by atoms with Crippen molar-refractivity contribution in [1.29, 1.82) is 0 Å². The summed E-state index contributed by atoms with van der Waals surface area (Å²) in [5, 5.41) is 10.7. The molecular weight excluding hydrogens is 533 g/mol. The lowest BCUT2D eigenvalue weighted by molar-refractivity contribution is -0.274. The standard InChI is InChI=1S/C24H17F3N2O6S2/c1-34-20-12-17(23(30)31)8-11-19(20)29-37(32,33)21-13-36-22(28-21)16-4-2-14(3-5-16)15-6-9-18(10-7-15)35-24(25,26)27/h2-13,29H,1H3,(H,30,31). The average Bonchev–Trinajstić information content (AvgIpc) is 3.35. The summed E-state index contributed by atoms with van der Waals surface area (Å²) in [7, 11) is -2.82. The lowest BCUT2D eigenvalue weighted by atomic mass is 10.0. The quantitative estimate of drug-likeness (QED) is 0.281. The zero-order chi connectivity index (χ0) is 26.8. The molecule has 0 aliphatic rings. The van der Waals surface area contributed by atoms with Gasteiger partial charge in [-0.1, -0.05) is 36.4 Å². The van der Waals surface area contributed by atoms with E-state index in [2.05, 4.69) is 14.4 Å². The maximum atomic E-state index is 12.9. The van der Waals surface area contributed by atoms with Gasteiger partial charge in [0.15, 0.2) is 5.03 Å².